The molecule has 0 aliphatic carbocycles. The normalized spacial score (nSPS) is 16.1. The van der Waals surface area contributed by atoms with Gasteiger partial charge in [-0.25, -0.2) is 17.9 Å². The number of aliphatic hydroxyl groups is 1. The van der Waals surface area contributed by atoms with E-state index in [0.717, 1.165) is 41.1 Å². The molecule has 170 valence electrons. The Hall–Kier alpha value is -3.27. The average Bonchev–Trinajstić information content (AvgIpc) is 3.23. The first-order chi connectivity index (χ1) is 15.8. The van der Waals surface area contributed by atoms with Crippen LogP contribution in [0.1, 0.15) is 18.4 Å². The predicted octanol–water partition coefficient (Wildman–Crippen LogP) is 3.11. The van der Waals surface area contributed by atoms with E-state index in [9.17, 15) is 13.5 Å². The van der Waals surface area contributed by atoms with Crippen molar-refractivity contribution in [1.82, 2.24) is 19.9 Å². The van der Waals surface area contributed by atoms with Gasteiger partial charge in [0.05, 0.1) is 27.9 Å². The summed E-state index contributed by atoms with van der Waals surface area (Å²) >= 11 is 0. The van der Waals surface area contributed by atoms with Crippen LogP contribution in [0.5, 0.6) is 0 Å². The second-order valence-electron chi connectivity index (χ2n) is 8.42. The van der Waals surface area contributed by atoms with Gasteiger partial charge in [-0.2, -0.15) is 0 Å². The lowest BCUT2D eigenvalue weighted by Gasteiger charge is -2.33. The number of rotatable bonds is 5. The number of nitrogens with zero attached hydrogens (tertiary/aromatic N) is 3. The van der Waals surface area contributed by atoms with E-state index in [1.807, 2.05) is 42.5 Å². The van der Waals surface area contributed by atoms with Crippen LogP contribution in [0.2, 0.25) is 0 Å². The summed E-state index contributed by atoms with van der Waals surface area (Å²) in [5, 5.41) is 22.2. The van der Waals surface area contributed by atoms with Gasteiger partial charge >= 0.3 is 0 Å². The minimum atomic E-state index is -3.32. The summed E-state index contributed by atoms with van der Waals surface area (Å²) in [4.78, 5) is 4.67. The Balaban J connectivity index is 1.47. The molecule has 4 aromatic rings. The molecule has 0 atom stereocenters. The topological polar surface area (TPSA) is 109 Å². The smallest absolute Gasteiger partial charge is 0.245 e. The lowest BCUT2D eigenvalue weighted by Crippen LogP contribution is -2.39. The molecule has 0 saturated carbocycles. The fourth-order valence-electron chi connectivity index (χ4n) is 4.21. The van der Waals surface area contributed by atoms with Crippen LogP contribution in [0.15, 0.2) is 71.8 Å². The lowest BCUT2D eigenvalue weighted by atomic mass is 9.85. The highest BCUT2D eigenvalue weighted by Gasteiger charge is 2.31. The number of sulfone groups is 1. The number of hydrogen-bond donors (Lipinski definition) is 3. The van der Waals surface area contributed by atoms with Crippen molar-refractivity contribution in [3.05, 3.63) is 72.4 Å². The molecule has 9 heteroatoms. The standard InChI is InChI=1S/C24H25N5O3S/c1-33(31,32)21-7-2-4-17(14-21)22-9-8-20-16-26-23(28-29(20)22)27-19-6-3-5-18(15-19)24(30)10-12-25-13-11-24/h2-9,14-16,25,30H,10-13H2,1H3,(H,27,28). The van der Waals surface area contributed by atoms with Crippen LogP contribution in [0, 0.1) is 0 Å². The summed E-state index contributed by atoms with van der Waals surface area (Å²) in [6.45, 7) is 1.57. The van der Waals surface area contributed by atoms with Crippen LogP contribution in [0.3, 0.4) is 0 Å². The highest BCUT2D eigenvalue weighted by molar-refractivity contribution is 7.90. The highest BCUT2D eigenvalue weighted by atomic mass is 32.2. The zero-order valence-electron chi connectivity index (χ0n) is 18.2. The molecule has 0 spiro atoms. The van der Waals surface area contributed by atoms with Gasteiger partial charge in [0.1, 0.15) is 0 Å². The minimum absolute atomic E-state index is 0.259. The lowest BCUT2D eigenvalue weighted by molar-refractivity contribution is 0.00599. The van der Waals surface area contributed by atoms with Crippen LogP contribution < -0.4 is 10.6 Å². The summed E-state index contributed by atoms with van der Waals surface area (Å²) in [6.07, 6.45) is 4.24. The van der Waals surface area contributed by atoms with E-state index in [1.165, 1.54) is 6.26 Å². The molecule has 0 radical (unpaired) electrons. The summed E-state index contributed by atoms with van der Waals surface area (Å²) in [5.74, 6) is 0.397. The van der Waals surface area contributed by atoms with Gasteiger partial charge in [-0.1, -0.05) is 24.3 Å². The fraction of sp³-hybridized carbons (Fsp3) is 0.250. The maximum Gasteiger partial charge on any atom is 0.245 e. The molecular formula is C24H25N5O3S. The summed E-state index contributed by atoms with van der Waals surface area (Å²) in [6, 6.07) is 18.3. The third-order valence-corrected chi connectivity index (χ3v) is 7.15. The summed E-state index contributed by atoms with van der Waals surface area (Å²) in [7, 11) is -3.32. The molecule has 1 saturated heterocycles. The molecule has 3 N–H and O–H groups in total. The molecular weight excluding hydrogens is 438 g/mol. The predicted molar refractivity (Wildman–Crippen MR) is 127 cm³/mol. The number of benzene rings is 2. The minimum Gasteiger partial charge on any atom is -0.385 e. The molecule has 1 aliphatic heterocycles. The van der Waals surface area contributed by atoms with Gasteiger partial charge in [-0.05, 0) is 67.9 Å². The quantitative estimate of drug-likeness (QED) is 0.417. The zero-order chi connectivity index (χ0) is 23.1. The zero-order valence-corrected chi connectivity index (χ0v) is 19.0. The van der Waals surface area contributed by atoms with E-state index < -0.39 is 15.4 Å². The number of fused-ring (bicyclic) bond motifs is 1. The number of nitrogens with one attached hydrogen (secondary N) is 2. The Labute approximate surface area is 192 Å². The Bertz CT molecular complexity index is 1430. The van der Waals surface area contributed by atoms with Crippen molar-refractivity contribution < 1.29 is 13.5 Å². The van der Waals surface area contributed by atoms with E-state index in [1.54, 1.807) is 28.9 Å². The largest absolute Gasteiger partial charge is 0.385 e. The maximum atomic E-state index is 12.0. The SMILES string of the molecule is CS(=O)(=O)c1cccc(-c2ccc3cnc(Nc4cccc(C5(O)CCNCC5)c4)nn23)c1. The van der Waals surface area contributed by atoms with Crippen molar-refractivity contribution in [2.75, 3.05) is 24.7 Å². The second kappa shape index (κ2) is 8.26. The van der Waals surface area contributed by atoms with Gasteiger partial charge in [0, 0.05) is 17.5 Å². The van der Waals surface area contributed by atoms with Crippen molar-refractivity contribution in [3.63, 3.8) is 0 Å². The van der Waals surface area contributed by atoms with Crippen LogP contribution in [0.4, 0.5) is 11.6 Å². The summed E-state index contributed by atoms with van der Waals surface area (Å²) in [5.41, 5.74) is 3.11. The van der Waals surface area contributed by atoms with E-state index in [0.29, 0.717) is 18.8 Å². The van der Waals surface area contributed by atoms with Gasteiger partial charge in [0.15, 0.2) is 9.84 Å². The number of piperidine rings is 1. The Morgan fingerprint density at radius 1 is 1.06 bits per heavy atom. The molecule has 3 heterocycles. The van der Waals surface area contributed by atoms with Crippen LogP contribution >= 0.6 is 0 Å². The van der Waals surface area contributed by atoms with Crippen LogP contribution in [-0.2, 0) is 15.4 Å². The molecule has 2 aromatic carbocycles. The molecule has 0 unspecified atom stereocenters. The van der Waals surface area contributed by atoms with Crippen molar-refractivity contribution in [3.8, 4) is 11.3 Å². The first kappa shape index (κ1) is 21.6. The first-order valence-corrected chi connectivity index (χ1v) is 12.7. The number of hydrogen-bond acceptors (Lipinski definition) is 7. The van der Waals surface area contributed by atoms with E-state index in [2.05, 4.69) is 20.7 Å². The molecule has 1 fully saturated rings. The fourth-order valence-corrected chi connectivity index (χ4v) is 4.87. The van der Waals surface area contributed by atoms with E-state index in [4.69, 9.17) is 0 Å². The number of anilines is 2. The third-order valence-electron chi connectivity index (χ3n) is 6.04. The number of aromatic nitrogens is 3. The Kier molecular flexibility index (Phi) is 5.40. The molecule has 5 rings (SSSR count). The second-order valence-corrected chi connectivity index (χ2v) is 10.4. The van der Waals surface area contributed by atoms with Crippen LogP contribution in [-0.4, -0.2) is 47.5 Å². The monoisotopic (exact) mass is 463 g/mol. The molecule has 2 aromatic heterocycles. The Morgan fingerprint density at radius 3 is 2.64 bits per heavy atom. The van der Waals surface area contributed by atoms with Gasteiger partial charge in [-0.3, -0.25) is 0 Å². The maximum absolute atomic E-state index is 12.0. The average molecular weight is 464 g/mol. The van der Waals surface area contributed by atoms with Crippen molar-refractivity contribution in [1.29, 1.82) is 0 Å². The third kappa shape index (κ3) is 4.35. The summed E-state index contributed by atoms with van der Waals surface area (Å²) < 4.78 is 25.7. The molecule has 1 aliphatic rings. The van der Waals surface area contributed by atoms with E-state index >= 15 is 0 Å². The van der Waals surface area contributed by atoms with Gasteiger partial charge in [0.2, 0.25) is 5.95 Å². The highest BCUT2D eigenvalue weighted by Crippen LogP contribution is 2.32. The van der Waals surface area contributed by atoms with Crippen molar-refractivity contribution >= 4 is 27.0 Å². The van der Waals surface area contributed by atoms with E-state index in [-0.39, 0.29) is 4.90 Å². The molecule has 0 bridgehead atoms. The van der Waals surface area contributed by atoms with Crippen LogP contribution in [0.25, 0.3) is 16.8 Å². The first-order valence-electron chi connectivity index (χ1n) is 10.8. The molecule has 33 heavy (non-hydrogen) atoms. The molecule has 0 amide bonds. The van der Waals surface area contributed by atoms with Crippen molar-refractivity contribution in [2.24, 2.45) is 0 Å². The van der Waals surface area contributed by atoms with Gasteiger partial charge in [-0.15, -0.1) is 5.10 Å². The van der Waals surface area contributed by atoms with Crippen molar-refractivity contribution in [2.45, 2.75) is 23.3 Å². The van der Waals surface area contributed by atoms with Gasteiger partial charge < -0.3 is 15.7 Å². The molecule has 8 nitrogen and oxygen atoms in total. The Morgan fingerprint density at radius 2 is 1.85 bits per heavy atom. The van der Waals surface area contributed by atoms with Gasteiger partial charge in [0.25, 0.3) is 0 Å².